The molecule has 4 aromatic rings. The Morgan fingerprint density at radius 1 is 0.850 bits per heavy atom. The van der Waals surface area contributed by atoms with Crippen molar-refractivity contribution < 1.29 is 31.8 Å². The van der Waals surface area contributed by atoms with Crippen molar-refractivity contribution in [2.75, 3.05) is 12.1 Å². The molecule has 0 saturated carbocycles. The SMILES string of the molecule is COc1ccc(/C=C2\C(=O)N(c3cccc(-c4ccccc4)c3)N=C2C(F)(F)F)cc1OCc1ccc(F)cc1. The molecule has 0 atom stereocenters. The first kappa shape index (κ1) is 26.7. The van der Waals surface area contributed by atoms with Gasteiger partial charge in [0.15, 0.2) is 17.2 Å². The number of halogens is 4. The van der Waals surface area contributed by atoms with E-state index in [1.165, 1.54) is 43.5 Å². The topological polar surface area (TPSA) is 51.1 Å². The standard InChI is InChI=1S/C31H22F4N2O3/c1-39-27-15-12-21(17-28(27)40-19-20-10-13-24(32)14-11-20)16-26-29(31(33,34)35)36-37(30(26)38)25-9-5-8-23(18-25)22-6-3-2-4-7-22/h2-18H,19H2,1H3/b26-16-. The number of carbonyl (C=O) groups excluding carboxylic acids is 1. The second-order valence-electron chi connectivity index (χ2n) is 8.86. The maximum absolute atomic E-state index is 14.0. The number of alkyl halides is 3. The smallest absolute Gasteiger partial charge is 0.435 e. The van der Waals surface area contributed by atoms with Crippen molar-refractivity contribution >= 4 is 23.4 Å². The molecule has 5 rings (SSSR count). The molecular weight excluding hydrogens is 524 g/mol. The van der Waals surface area contributed by atoms with Crippen LogP contribution in [-0.2, 0) is 11.4 Å². The molecule has 0 unspecified atom stereocenters. The highest BCUT2D eigenvalue weighted by Crippen LogP contribution is 2.35. The van der Waals surface area contributed by atoms with Gasteiger partial charge in [-0.15, -0.1) is 0 Å². The average Bonchev–Trinajstić information content (AvgIpc) is 3.29. The fourth-order valence-electron chi connectivity index (χ4n) is 4.18. The number of hydrogen-bond donors (Lipinski definition) is 0. The third kappa shape index (κ3) is 5.73. The third-order valence-corrected chi connectivity index (χ3v) is 6.15. The molecule has 1 aliphatic rings. The molecule has 0 N–H and O–H groups in total. The minimum absolute atomic E-state index is 0.0659. The van der Waals surface area contributed by atoms with Crippen molar-refractivity contribution in [3.63, 3.8) is 0 Å². The van der Waals surface area contributed by atoms with Crippen LogP contribution in [0, 0.1) is 5.82 Å². The summed E-state index contributed by atoms with van der Waals surface area (Å²) in [6.07, 6.45) is -3.75. The van der Waals surface area contributed by atoms with E-state index >= 15 is 0 Å². The second-order valence-corrected chi connectivity index (χ2v) is 8.86. The van der Waals surface area contributed by atoms with Gasteiger partial charge in [0, 0.05) is 0 Å². The Bertz CT molecular complexity index is 1600. The van der Waals surface area contributed by atoms with Crippen molar-refractivity contribution in [3.05, 3.63) is 120 Å². The highest BCUT2D eigenvalue weighted by Gasteiger charge is 2.46. The van der Waals surface area contributed by atoms with Crippen LogP contribution in [0.4, 0.5) is 23.2 Å². The van der Waals surface area contributed by atoms with Gasteiger partial charge in [-0.3, -0.25) is 4.79 Å². The number of hydrazone groups is 1. The Morgan fingerprint density at radius 3 is 2.27 bits per heavy atom. The zero-order chi connectivity index (χ0) is 28.3. The molecule has 0 fully saturated rings. The van der Waals surface area contributed by atoms with Gasteiger partial charge in [-0.25, -0.2) is 4.39 Å². The molecule has 202 valence electrons. The molecule has 0 aliphatic carbocycles. The second kappa shape index (κ2) is 11.1. The number of methoxy groups -OCH3 is 1. The molecule has 9 heteroatoms. The molecular formula is C31H22F4N2O3. The fraction of sp³-hybridized carbons (Fsp3) is 0.0968. The molecule has 5 nitrogen and oxygen atoms in total. The van der Waals surface area contributed by atoms with Crippen molar-refractivity contribution in [1.29, 1.82) is 0 Å². The van der Waals surface area contributed by atoms with Crippen LogP contribution in [0.25, 0.3) is 17.2 Å². The quantitative estimate of drug-likeness (QED) is 0.179. The van der Waals surface area contributed by atoms with Crippen LogP contribution in [0.15, 0.2) is 108 Å². The zero-order valence-electron chi connectivity index (χ0n) is 21.2. The number of anilines is 1. The van der Waals surface area contributed by atoms with Gasteiger partial charge in [0.25, 0.3) is 5.91 Å². The zero-order valence-corrected chi connectivity index (χ0v) is 21.2. The predicted octanol–water partition coefficient (Wildman–Crippen LogP) is 7.43. The summed E-state index contributed by atoms with van der Waals surface area (Å²) < 4.78 is 66.4. The van der Waals surface area contributed by atoms with Gasteiger partial charge in [-0.2, -0.15) is 23.3 Å². The van der Waals surface area contributed by atoms with Crippen LogP contribution < -0.4 is 14.5 Å². The highest BCUT2D eigenvalue weighted by atomic mass is 19.4. The van der Waals surface area contributed by atoms with Crippen molar-refractivity contribution in [1.82, 2.24) is 0 Å². The first-order valence-corrected chi connectivity index (χ1v) is 12.2. The van der Waals surface area contributed by atoms with E-state index in [4.69, 9.17) is 9.47 Å². The van der Waals surface area contributed by atoms with Crippen LogP contribution in [0.3, 0.4) is 0 Å². The van der Waals surface area contributed by atoms with Crippen LogP contribution in [0.1, 0.15) is 11.1 Å². The van der Waals surface area contributed by atoms with Crippen LogP contribution in [0.2, 0.25) is 0 Å². The van der Waals surface area contributed by atoms with Gasteiger partial charge in [-0.1, -0.05) is 60.7 Å². The maximum atomic E-state index is 14.0. The minimum atomic E-state index is -4.87. The lowest BCUT2D eigenvalue weighted by Crippen LogP contribution is -2.25. The van der Waals surface area contributed by atoms with E-state index in [9.17, 15) is 22.4 Å². The number of nitrogens with zero attached hydrogens (tertiary/aromatic N) is 2. The summed E-state index contributed by atoms with van der Waals surface area (Å²) in [6, 6.07) is 26.1. The van der Waals surface area contributed by atoms with Gasteiger partial charge in [-0.05, 0) is 64.7 Å². The molecule has 0 aromatic heterocycles. The van der Waals surface area contributed by atoms with E-state index in [0.29, 0.717) is 11.3 Å². The van der Waals surface area contributed by atoms with Crippen molar-refractivity contribution in [2.24, 2.45) is 5.10 Å². The van der Waals surface area contributed by atoms with E-state index < -0.39 is 23.4 Å². The summed E-state index contributed by atoms with van der Waals surface area (Å²) in [5.74, 6) is -0.725. The summed E-state index contributed by atoms with van der Waals surface area (Å²) in [5, 5.41) is 4.44. The van der Waals surface area contributed by atoms with E-state index in [-0.39, 0.29) is 29.4 Å². The summed E-state index contributed by atoms with van der Waals surface area (Å²) in [5.41, 5.74) is 0.825. The first-order chi connectivity index (χ1) is 19.2. The van der Waals surface area contributed by atoms with E-state index in [1.807, 2.05) is 30.3 Å². The van der Waals surface area contributed by atoms with Gasteiger partial charge in [0.1, 0.15) is 12.4 Å². The number of ether oxygens (including phenoxy) is 2. The Kier molecular flexibility index (Phi) is 7.37. The fourth-order valence-corrected chi connectivity index (χ4v) is 4.18. The Balaban J connectivity index is 1.47. The lowest BCUT2D eigenvalue weighted by Gasteiger charge is -2.13. The molecule has 0 radical (unpaired) electrons. The van der Waals surface area contributed by atoms with Gasteiger partial charge in [0.05, 0.1) is 18.4 Å². The molecule has 1 amide bonds. The summed E-state index contributed by atoms with van der Waals surface area (Å²) >= 11 is 0. The maximum Gasteiger partial charge on any atom is 0.435 e. The van der Waals surface area contributed by atoms with Crippen molar-refractivity contribution in [2.45, 2.75) is 12.8 Å². The van der Waals surface area contributed by atoms with E-state index in [2.05, 4.69) is 5.10 Å². The van der Waals surface area contributed by atoms with E-state index in [0.717, 1.165) is 22.2 Å². The minimum Gasteiger partial charge on any atom is -0.493 e. The normalized spacial score (nSPS) is 14.4. The van der Waals surface area contributed by atoms with Gasteiger partial charge in [0.2, 0.25) is 0 Å². The number of carbonyl (C=O) groups is 1. The average molecular weight is 547 g/mol. The molecule has 0 saturated heterocycles. The highest BCUT2D eigenvalue weighted by molar-refractivity contribution is 6.34. The molecule has 1 heterocycles. The van der Waals surface area contributed by atoms with E-state index in [1.54, 1.807) is 30.3 Å². The Labute approximate surface area is 227 Å². The summed E-state index contributed by atoms with van der Waals surface area (Å²) in [4.78, 5) is 13.3. The first-order valence-electron chi connectivity index (χ1n) is 12.2. The molecule has 0 spiro atoms. The van der Waals surface area contributed by atoms with Crippen LogP contribution in [0.5, 0.6) is 11.5 Å². The van der Waals surface area contributed by atoms with Gasteiger partial charge < -0.3 is 9.47 Å². The lowest BCUT2D eigenvalue weighted by molar-refractivity contribution is -0.114. The monoisotopic (exact) mass is 546 g/mol. The number of benzene rings is 4. The Hall–Kier alpha value is -4.92. The largest absolute Gasteiger partial charge is 0.493 e. The molecule has 40 heavy (non-hydrogen) atoms. The molecule has 4 aromatic carbocycles. The Morgan fingerprint density at radius 2 is 1.57 bits per heavy atom. The summed E-state index contributed by atoms with van der Waals surface area (Å²) in [7, 11) is 1.43. The molecule has 0 bridgehead atoms. The lowest BCUT2D eigenvalue weighted by atomic mass is 10.0. The van der Waals surface area contributed by atoms with Crippen molar-refractivity contribution in [3.8, 4) is 22.6 Å². The predicted molar refractivity (Wildman–Crippen MR) is 145 cm³/mol. The van der Waals surface area contributed by atoms with Crippen LogP contribution in [-0.4, -0.2) is 24.9 Å². The third-order valence-electron chi connectivity index (χ3n) is 6.15. The van der Waals surface area contributed by atoms with Crippen LogP contribution >= 0.6 is 0 Å². The number of rotatable bonds is 7. The van der Waals surface area contributed by atoms with Gasteiger partial charge >= 0.3 is 6.18 Å². The molecule has 1 aliphatic heterocycles. The number of amides is 1. The summed E-state index contributed by atoms with van der Waals surface area (Å²) in [6.45, 7) is 0.0659. The number of hydrogen-bond acceptors (Lipinski definition) is 4.